The summed E-state index contributed by atoms with van der Waals surface area (Å²) >= 11 is 0. The molecule has 1 heterocycles. The van der Waals surface area contributed by atoms with E-state index in [1.807, 2.05) is 19.9 Å². The molecule has 0 aliphatic heterocycles. The van der Waals surface area contributed by atoms with Gasteiger partial charge in [-0.05, 0) is 52.0 Å². The van der Waals surface area contributed by atoms with Crippen molar-refractivity contribution in [2.24, 2.45) is 0 Å². The Labute approximate surface area is 161 Å². The Morgan fingerprint density at radius 2 is 1.81 bits per heavy atom. The zero-order chi connectivity index (χ0) is 20.5. The monoisotopic (exact) mass is 393 g/mol. The summed E-state index contributed by atoms with van der Waals surface area (Å²) in [4.78, 5) is 12.9. The maximum absolute atomic E-state index is 12.8. The molecule has 0 spiro atoms. The summed E-state index contributed by atoms with van der Waals surface area (Å²) in [6.45, 7) is 7.96. The predicted molar refractivity (Wildman–Crippen MR) is 106 cm³/mol. The summed E-state index contributed by atoms with van der Waals surface area (Å²) in [6, 6.07) is 6.46. The Morgan fingerprint density at radius 1 is 1.19 bits per heavy atom. The molecule has 1 aromatic carbocycles. The molecule has 0 fully saturated rings. The number of nitrogens with zero attached hydrogens (tertiary/aromatic N) is 2. The van der Waals surface area contributed by atoms with Gasteiger partial charge in [0.15, 0.2) is 0 Å². The molecule has 148 valence electrons. The molecular formula is C19H27N3O4S. The van der Waals surface area contributed by atoms with Crippen LogP contribution >= 0.6 is 0 Å². The van der Waals surface area contributed by atoms with Crippen molar-refractivity contribution < 1.29 is 17.9 Å². The van der Waals surface area contributed by atoms with Crippen molar-refractivity contribution in [3.05, 3.63) is 41.2 Å². The van der Waals surface area contributed by atoms with Crippen molar-refractivity contribution in [2.45, 2.75) is 38.6 Å². The molecule has 2 aromatic rings. The van der Waals surface area contributed by atoms with Crippen LogP contribution in [-0.2, 0) is 10.0 Å². The third-order valence-electron chi connectivity index (χ3n) is 4.44. The quantitative estimate of drug-likeness (QED) is 0.817. The van der Waals surface area contributed by atoms with Gasteiger partial charge in [-0.15, -0.1) is 0 Å². The average Bonchev–Trinajstić information content (AvgIpc) is 2.89. The number of aryl methyl sites for hydroxylation is 1. The standard InChI is InChI=1S/C19H27N3O4S/c1-12(2)22-13(3)10-16(14(22)4)19(23)20-17-11-15(8-9-18(17)26-7)27(24,25)21(5)6/h8-12H,1-7H3,(H,20,23). The first-order valence-electron chi connectivity index (χ1n) is 8.61. The van der Waals surface area contributed by atoms with Crippen molar-refractivity contribution in [3.8, 4) is 5.75 Å². The number of benzene rings is 1. The molecule has 0 unspecified atom stereocenters. The first-order chi connectivity index (χ1) is 12.5. The fourth-order valence-electron chi connectivity index (χ4n) is 3.15. The highest BCUT2D eigenvalue weighted by Crippen LogP contribution is 2.29. The number of carbonyl (C=O) groups is 1. The fraction of sp³-hybridized carbons (Fsp3) is 0.421. The molecular weight excluding hydrogens is 366 g/mol. The highest BCUT2D eigenvalue weighted by Gasteiger charge is 2.22. The molecule has 0 aliphatic carbocycles. The largest absolute Gasteiger partial charge is 0.495 e. The number of ether oxygens (including phenoxy) is 1. The summed E-state index contributed by atoms with van der Waals surface area (Å²) < 4.78 is 33.3. The van der Waals surface area contributed by atoms with Gasteiger partial charge in [-0.2, -0.15) is 0 Å². The minimum Gasteiger partial charge on any atom is -0.495 e. The highest BCUT2D eigenvalue weighted by molar-refractivity contribution is 7.89. The normalized spacial score (nSPS) is 11.9. The second kappa shape index (κ2) is 7.74. The Bertz CT molecular complexity index is 960. The number of carbonyl (C=O) groups excluding carboxylic acids is 1. The van der Waals surface area contributed by atoms with Gasteiger partial charge in [-0.25, -0.2) is 12.7 Å². The number of nitrogens with one attached hydrogen (secondary N) is 1. The van der Waals surface area contributed by atoms with E-state index in [0.717, 1.165) is 15.7 Å². The van der Waals surface area contributed by atoms with Crippen molar-refractivity contribution in [2.75, 3.05) is 26.5 Å². The van der Waals surface area contributed by atoms with Crippen LogP contribution in [0.15, 0.2) is 29.2 Å². The van der Waals surface area contributed by atoms with Crippen molar-refractivity contribution >= 4 is 21.6 Å². The number of sulfonamides is 1. The van der Waals surface area contributed by atoms with Gasteiger partial charge in [0.1, 0.15) is 5.75 Å². The van der Waals surface area contributed by atoms with E-state index in [4.69, 9.17) is 4.74 Å². The van der Waals surface area contributed by atoms with Crippen LogP contribution in [0, 0.1) is 13.8 Å². The van der Waals surface area contributed by atoms with Crippen LogP contribution in [0.2, 0.25) is 0 Å². The fourth-order valence-corrected chi connectivity index (χ4v) is 4.08. The number of amides is 1. The SMILES string of the molecule is COc1ccc(S(=O)(=O)N(C)C)cc1NC(=O)c1cc(C)n(C(C)C)c1C. The Hall–Kier alpha value is -2.32. The molecule has 1 aromatic heterocycles. The molecule has 0 saturated heterocycles. The maximum atomic E-state index is 12.8. The summed E-state index contributed by atoms with van der Waals surface area (Å²) in [5, 5.41) is 2.79. The van der Waals surface area contributed by atoms with Gasteiger partial charge in [-0.1, -0.05) is 0 Å². The van der Waals surface area contributed by atoms with Crippen molar-refractivity contribution in [1.29, 1.82) is 0 Å². The number of anilines is 1. The summed E-state index contributed by atoms with van der Waals surface area (Å²) in [5.41, 5.74) is 2.70. The lowest BCUT2D eigenvalue weighted by Crippen LogP contribution is -2.22. The van der Waals surface area contributed by atoms with Crippen LogP contribution < -0.4 is 10.1 Å². The van der Waals surface area contributed by atoms with Gasteiger partial charge in [0.25, 0.3) is 5.91 Å². The Balaban J connectivity index is 2.45. The van der Waals surface area contributed by atoms with E-state index in [1.54, 1.807) is 0 Å². The lowest BCUT2D eigenvalue weighted by molar-refractivity contribution is 0.102. The highest BCUT2D eigenvalue weighted by atomic mass is 32.2. The number of hydrogen-bond acceptors (Lipinski definition) is 4. The first kappa shape index (κ1) is 21.0. The van der Waals surface area contributed by atoms with Gasteiger partial charge >= 0.3 is 0 Å². The minimum absolute atomic E-state index is 0.0799. The van der Waals surface area contributed by atoms with E-state index in [0.29, 0.717) is 17.0 Å². The molecule has 1 N–H and O–H groups in total. The smallest absolute Gasteiger partial charge is 0.257 e. The molecule has 1 amide bonds. The first-order valence-corrected chi connectivity index (χ1v) is 10.0. The minimum atomic E-state index is -3.62. The van der Waals surface area contributed by atoms with E-state index in [2.05, 4.69) is 23.7 Å². The van der Waals surface area contributed by atoms with E-state index in [9.17, 15) is 13.2 Å². The van der Waals surface area contributed by atoms with E-state index < -0.39 is 10.0 Å². The summed E-state index contributed by atoms with van der Waals surface area (Å²) in [6.07, 6.45) is 0. The van der Waals surface area contributed by atoms with Crippen LogP contribution in [0.1, 0.15) is 41.6 Å². The molecule has 0 radical (unpaired) electrons. The van der Waals surface area contributed by atoms with Gasteiger partial charge in [0.2, 0.25) is 10.0 Å². The molecule has 0 aliphatic rings. The van der Waals surface area contributed by atoms with Gasteiger partial charge in [-0.3, -0.25) is 4.79 Å². The van der Waals surface area contributed by atoms with E-state index in [1.165, 1.54) is 39.4 Å². The number of methoxy groups -OCH3 is 1. The van der Waals surface area contributed by atoms with Crippen LogP contribution in [0.4, 0.5) is 5.69 Å². The van der Waals surface area contributed by atoms with E-state index >= 15 is 0 Å². The van der Waals surface area contributed by atoms with Gasteiger partial charge in [0.05, 0.1) is 23.3 Å². The third-order valence-corrected chi connectivity index (χ3v) is 6.25. The Morgan fingerprint density at radius 3 is 2.30 bits per heavy atom. The molecule has 0 atom stereocenters. The van der Waals surface area contributed by atoms with Crippen LogP contribution in [0.3, 0.4) is 0 Å². The van der Waals surface area contributed by atoms with Crippen LogP contribution in [0.25, 0.3) is 0 Å². The lowest BCUT2D eigenvalue weighted by atomic mass is 10.2. The molecule has 27 heavy (non-hydrogen) atoms. The van der Waals surface area contributed by atoms with Crippen molar-refractivity contribution in [1.82, 2.24) is 8.87 Å². The van der Waals surface area contributed by atoms with Crippen molar-refractivity contribution in [3.63, 3.8) is 0 Å². The zero-order valence-corrected chi connectivity index (χ0v) is 17.6. The van der Waals surface area contributed by atoms with E-state index in [-0.39, 0.29) is 16.8 Å². The van der Waals surface area contributed by atoms with Gasteiger partial charge < -0.3 is 14.6 Å². The second-order valence-corrected chi connectivity index (χ2v) is 9.00. The van der Waals surface area contributed by atoms with Crippen LogP contribution in [0.5, 0.6) is 5.75 Å². The molecule has 0 saturated carbocycles. The van der Waals surface area contributed by atoms with Crippen LogP contribution in [-0.4, -0.2) is 44.4 Å². The van der Waals surface area contributed by atoms with Gasteiger partial charge in [0, 0.05) is 31.5 Å². The molecule has 2 rings (SSSR count). The molecule has 8 heteroatoms. The topological polar surface area (TPSA) is 80.6 Å². The number of rotatable bonds is 6. The predicted octanol–water partition coefficient (Wildman–Crippen LogP) is 3.20. The second-order valence-electron chi connectivity index (χ2n) is 6.85. The maximum Gasteiger partial charge on any atom is 0.257 e. The molecule has 7 nitrogen and oxygen atoms in total. The molecule has 0 bridgehead atoms. The lowest BCUT2D eigenvalue weighted by Gasteiger charge is -2.16. The number of hydrogen-bond donors (Lipinski definition) is 1. The number of aromatic nitrogens is 1. The third kappa shape index (κ3) is 4.01. The Kier molecular flexibility index (Phi) is 6.01. The zero-order valence-electron chi connectivity index (χ0n) is 16.8. The summed E-state index contributed by atoms with van der Waals surface area (Å²) in [5.74, 6) is 0.0754. The summed E-state index contributed by atoms with van der Waals surface area (Å²) in [7, 11) is 0.757. The average molecular weight is 394 g/mol.